The van der Waals surface area contributed by atoms with Gasteiger partial charge in [-0.25, -0.2) is 0 Å². The molecule has 158 valence electrons. The molecule has 0 spiro atoms. The SMILES string of the molecule is COc1cc(C2CC(=O)c3c(O)c(C)c(OC(C)=O)c(C)c3O2)ccc1OC(C)=O. The lowest BCUT2D eigenvalue weighted by atomic mass is 9.91. The summed E-state index contributed by atoms with van der Waals surface area (Å²) >= 11 is 0. The average Bonchev–Trinajstić information content (AvgIpc) is 2.68. The van der Waals surface area contributed by atoms with Gasteiger partial charge in [0.25, 0.3) is 0 Å². The summed E-state index contributed by atoms with van der Waals surface area (Å²) in [6, 6.07) is 4.85. The van der Waals surface area contributed by atoms with Crippen LogP contribution in [-0.2, 0) is 9.59 Å². The third kappa shape index (κ3) is 3.80. The number of phenolic OH excluding ortho intramolecular Hbond substituents is 1. The lowest BCUT2D eigenvalue weighted by Gasteiger charge is -2.29. The molecule has 8 heteroatoms. The number of carbonyl (C=O) groups excluding carboxylic acids is 3. The van der Waals surface area contributed by atoms with Crippen molar-refractivity contribution in [1.82, 2.24) is 0 Å². The van der Waals surface area contributed by atoms with Crippen LogP contribution in [0.15, 0.2) is 18.2 Å². The second kappa shape index (κ2) is 8.06. The summed E-state index contributed by atoms with van der Waals surface area (Å²) in [4.78, 5) is 35.6. The van der Waals surface area contributed by atoms with Gasteiger partial charge in [0, 0.05) is 25.0 Å². The monoisotopic (exact) mass is 414 g/mol. The summed E-state index contributed by atoms with van der Waals surface area (Å²) in [7, 11) is 1.44. The van der Waals surface area contributed by atoms with E-state index in [-0.39, 0.29) is 40.8 Å². The van der Waals surface area contributed by atoms with Crippen molar-refractivity contribution in [1.29, 1.82) is 0 Å². The first-order chi connectivity index (χ1) is 14.1. The first kappa shape index (κ1) is 21.2. The Morgan fingerprint density at radius 3 is 2.33 bits per heavy atom. The second-order valence-electron chi connectivity index (χ2n) is 6.96. The molecule has 1 aliphatic heterocycles. The van der Waals surface area contributed by atoms with Gasteiger partial charge in [0.2, 0.25) is 0 Å². The molecule has 0 aliphatic carbocycles. The van der Waals surface area contributed by atoms with Crippen LogP contribution in [0.25, 0.3) is 0 Å². The third-order valence-corrected chi connectivity index (χ3v) is 4.81. The zero-order valence-electron chi connectivity index (χ0n) is 17.3. The molecule has 2 aromatic rings. The molecule has 0 radical (unpaired) electrons. The zero-order valence-corrected chi connectivity index (χ0v) is 17.3. The minimum Gasteiger partial charge on any atom is -0.507 e. The standard InChI is InChI=1S/C22H22O8/c1-10-20(26)19-15(25)9-17(30-22(19)11(2)21(10)29-13(4)24)14-6-7-16(28-12(3)23)18(8-14)27-5/h6-8,17,26H,9H2,1-5H3. The number of carbonyl (C=O) groups is 3. The first-order valence-electron chi connectivity index (χ1n) is 9.24. The van der Waals surface area contributed by atoms with Crippen LogP contribution in [-0.4, -0.2) is 29.9 Å². The van der Waals surface area contributed by atoms with Crippen molar-refractivity contribution in [3.8, 4) is 28.7 Å². The Kier molecular flexibility index (Phi) is 5.69. The number of ketones is 1. The van der Waals surface area contributed by atoms with E-state index < -0.39 is 18.0 Å². The molecule has 0 fully saturated rings. The van der Waals surface area contributed by atoms with Gasteiger partial charge in [0.05, 0.1) is 13.5 Å². The van der Waals surface area contributed by atoms with E-state index in [1.54, 1.807) is 32.0 Å². The predicted molar refractivity (Wildman–Crippen MR) is 106 cm³/mol. The maximum atomic E-state index is 12.8. The fourth-order valence-electron chi connectivity index (χ4n) is 3.44. The Morgan fingerprint density at radius 1 is 1.07 bits per heavy atom. The van der Waals surface area contributed by atoms with Gasteiger partial charge in [0.15, 0.2) is 17.3 Å². The highest BCUT2D eigenvalue weighted by atomic mass is 16.6. The Hall–Kier alpha value is -3.55. The quantitative estimate of drug-likeness (QED) is 0.597. The van der Waals surface area contributed by atoms with E-state index in [4.69, 9.17) is 18.9 Å². The number of fused-ring (bicyclic) bond motifs is 1. The summed E-state index contributed by atoms with van der Waals surface area (Å²) in [5.41, 5.74) is 1.43. The summed E-state index contributed by atoms with van der Waals surface area (Å²) in [6.07, 6.45) is -0.682. The van der Waals surface area contributed by atoms with Crippen LogP contribution in [0.5, 0.6) is 28.7 Å². The van der Waals surface area contributed by atoms with Gasteiger partial charge in [-0.15, -0.1) is 0 Å². The van der Waals surface area contributed by atoms with Gasteiger partial charge >= 0.3 is 11.9 Å². The highest BCUT2D eigenvalue weighted by molar-refractivity contribution is 6.04. The smallest absolute Gasteiger partial charge is 0.308 e. The van der Waals surface area contributed by atoms with Crippen molar-refractivity contribution in [3.05, 3.63) is 40.5 Å². The van der Waals surface area contributed by atoms with E-state index in [0.717, 1.165) is 0 Å². The Labute approximate surface area is 173 Å². The van der Waals surface area contributed by atoms with Crippen molar-refractivity contribution in [2.75, 3.05) is 7.11 Å². The van der Waals surface area contributed by atoms with Gasteiger partial charge in [0.1, 0.15) is 28.9 Å². The molecule has 30 heavy (non-hydrogen) atoms. The number of hydrogen-bond donors (Lipinski definition) is 1. The highest BCUT2D eigenvalue weighted by Crippen LogP contribution is 2.48. The molecule has 0 bridgehead atoms. The van der Waals surface area contributed by atoms with Crippen molar-refractivity contribution < 1.29 is 38.4 Å². The number of methoxy groups -OCH3 is 1. The maximum absolute atomic E-state index is 12.8. The van der Waals surface area contributed by atoms with Crippen molar-refractivity contribution in [2.24, 2.45) is 0 Å². The molecular formula is C22H22O8. The number of benzene rings is 2. The Morgan fingerprint density at radius 2 is 1.73 bits per heavy atom. The van der Waals surface area contributed by atoms with E-state index in [0.29, 0.717) is 22.4 Å². The molecule has 1 aliphatic rings. The molecule has 1 heterocycles. The number of esters is 2. The number of Topliss-reactive ketones (excluding diaryl/α,β-unsaturated/α-hetero) is 1. The topological polar surface area (TPSA) is 108 Å². The molecule has 0 saturated carbocycles. The highest BCUT2D eigenvalue weighted by Gasteiger charge is 2.35. The minimum atomic E-state index is -0.670. The second-order valence-corrected chi connectivity index (χ2v) is 6.96. The number of phenols is 1. The van der Waals surface area contributed by atoms with E-state index in [1.807, 2.05) is 0 Å². The van der Waals surface area contributed by atoms with E-state index >= 15 is 0 Å². The third-order valence-electron chi connectivity index (χ3n) is 4.81. The van der Waals surface area contributed by atoms with Gasteiger partial charge in [-0.2, -0.15) is 0 Å². The summed E-state index contributed by atoms with van der Waals surface area (Å²) in [5.74, 6) is -0.718. The Balaban J connectivity index is 2.05. The van der Waals surface area contributed by atoms with E-state index in [1.165, 1.54) is 21.0 Å². The fourth-order valence-corrected chi connectivity index (χ4v) is 3.44. The lowest BCUT2D eigenvalue weighted by Crippen LogP contribution is -2.22. The van der Waals surface area contributed by atoms with Gasteiger partial charge in [-0.3, -0.25) is 14.4 Å². The van der Waals surface area contributed by atoms with Gasteiger partial charge in [-0.05, 0) is 31.5 Å². The molecular weight excluding hydrogens is 392 g/mol. The minimum absolute atomic E-state index is 0.0115. The van der Waals surface area contributed by atoms with Crippen LogP contribution in [0.1, 0.15) is 53.4 Å². The predicted octanol–water partition coefficient (Wildman–Crippen LogP) is 3.57. The average molecular weight is 414 g/mol. The lowest BCUT2D eigenvalue weighted by molar-refractivity contribution is -0.132. The molecule has 8 nitrogen and oxygen atoms in total. The van der Waals surface area contributed by atoms with Crippen molar-refractivity contribution in [2.45, 2.75) is 40.2 Å². The number of hydrogen-bond acceptors (Lipinski definition) is 8. The Bertz CT molecular complexity index is 1050. The molecule has 0 saturated heterocycles. The molecule has 1 unspecified atom stereocenters. The molecule has 0 amide bonds. The van der Waals surface area contributed by atoms with Crippen LogP contribution in [0.3, 0.4) is 0 Å². The van der Waals surface area contributed by atoms with Crippen LogP contribution < -0.4 is 18.9 Å². The van der Waals surface area contributed by atoms with Crippen LogP contribution in [0, 0.1) is 13.8 Å². The molecule has 3 rings (SSSR count). The molecule has 1 atom stereocenters. The van der Waals surface area contributed by atoms with Crippen LogP contribution in [0.2, 0.25) is 0 Å². The summed E-state index contributed by atoms with van der Waals surface area (Å²) < 4.78 is 21.7. The van der Waals surface area contributed by atoms with Crippen molar-refractivity contribution in [3.63, 3.8) is 0 Å². The normalized spacial score (nSPS) is 15.1. The van der Waals surface area contributed by atoms with Gasteiger partial charge in [-0.1, -0.05) is 6.07 Å². The molecule has 0 aromatic heterocycles. The van der Waals surface area contributed by atoms with E-state index in [9.17, 15) is 19.5 Å². The largest absolute Gasteiger partial charge is 0.507 e. The van der Waals surface area contributed by atoms with Crippen LogP contribution in [0.4, 0.5) is 0 Å². The first-order valence-corrected chi connectivity index (χ1v) is 9.24. The summed E-state index contributed by atoms with van der Waals surface area (Å²) in [6.45, 7) is 5.76. The van der Waals surface area contributed by atoms with Gasteiger partial charge < -0.3 is 24.1 Å². The molecule has 1 N–H and O–H groups in total. The number of aromatic hydroxyl groups is 1. The van der Waals surface area contributed by atoms with E-state index in [2.05, 4.69) is 0 Å². The number of rotatable bonds is 4. The molecule has 2 aromatic carbocycles. The fraction of sp³-hybridized carbons (Fsp3) is 0.318. The van der Waals surface area contributed by atoms with Crippen molar-refractivity contribution >= 4 is 17.7 Å². The summed E-state index contributed by atoms with van der Waals surface area (Å²) in [5, 5.41) is 10.5. The van der Waals surface area contributed by atoms with Crippen LogP contribution >= 0.6 is 0 Å². The number of ether oxygens (including phenoxy) is 4. The maximum Gasteiger partial charge on any atom is 0.308 e. The zero-order chi connectivity index (χ0) is 22.2.